The van der Waals surface area contributed by atoms with Crippen molar-refractivity contribution in [2.45, 2.75) is 38.8 Å². The Bertz CT molecular complexity index is 715. The second-order valence-electron chi connectivity index (χ2n) is 6.10. The lowest BCUT2D eigenvalue weighted by molar-refractivity contribution is -0.154. The van der Waals surface area contributed by atoms with Gasteiger partial charge in [-0.05, 0) is 47.5 Å². The maximum atomic E-state index is 12.9. The molecule has 1 heterocycles. The van der Waals surface area contributed by atoms with Gasteiger partial charge in [0.15, 0.2) is 6.10 Å². The monoisotopic (exact) mass is 460 g/mol. The summed E-state index contributed by atoms with van der Waals surface area (Å²) in [6, 6.07) is 4.06. The molecule has 1 aromatic carbocycles. The lowest BCUT2D eigenvalue weighted by atomic mass is 10.1. The molecule has 1 saturated heterocycles. The van der Waals surface area contributed by atoms with E-state index in [0.29, 0.717) is 34.8 Å². The summed E-state index contributed by atoms with van der Waals surface area (Å²) in [4.78, 5) is 38.4. The van der Waals surface area contributed by atoms with Crippen LogP contribution in [0.5, 0.6) is 5.75 Å². The predicted octanol–water partition coefficient (Wildman–Crippen LogP) is 2.54. The molecule has 148 valence electrons. The Hall–Kier alpha value is -1.80. The smallest absolute Gasteiger partial charge is 0.308 e. The number of rotatable bonds is 7. The number of piperazine rings is 1. The van der Waals surface area contributed by atoms with Crippen LogP contribution in [-0.2, 0) is 19.1 Å². The standard InChI is InChI=1S/C18H22BrClN2O5/c1-3-8-26-16(23)10-14-17(24)21-6-7-22(14)18(25)11(2)27-15-5-4-12(20)9-13(15)19/h4-5,9,11,14H,3,6-8,10H2,1-2H3,(H,21,24). The van der Waals surface area contributed by atoms with Crippen LogP contribution in [0.25, 0.3) is 0 Å². The maximum absolute atomic E-state index is 12.9. The van der Waals surface area contributed by atoms with E-state index in [1.807, 2.05) is 6.92 Å². The van der Waals surface area contributed by atoms with Crippen LogP contribution in [0, 0.1) is 0 Å². The molecule has 1 aromatic rings. The van der Waals surface area contributed by atoms with Gasteiger partial charge in [0.1, 0.15) is 11.8 Å². The maximum Gasteiger partial charge on any atom is 0.308 e. The van der Waals surface area contributed by atoms with Gasteiger partial charge >= 0.3 is 5.97 Å². The van der Waals surface area contributed by atoms with E-state index in [4.69, 9.17) is 21.1 Å². The lowest BCUT2D eigenvalue weighted by Crippen LogP contribution is -2.60. The van der Waals surface area contributed by atoms with Gasteiger partial charge in [-0.3, -0.25) is 14.4 Å². The molecule has 1 aliphatic heterocycles. The molecule has 1 fully saturated rings. The minimum absolute atomic E-state index is 0.186. The molecule has 0 aliphatic carbocycles. The molecule has 9 heteroatoms. The second kappa shape index (κ2) is 9.94. The van der Waals surface area contributed by atoms with Crippen LogP contribution in [-0.4, -0.2) is 54.5 Å². The average molecular weight is 462 g/mol. The Labute approximate surface area is 171 Å². The van der Waals surface area contributed by atoms with Crippen molar-refractivity contribution in [3.05, 3.63) is 27.7 Å². The van der Waals surface area contributed by atoms with Crippen LogP contribution in [0.4, 0.5) is 0 Å². The van der Waals surface area contributed by atoms with E-state index in [-0.39, 0.29) is 24.8 Å². The molecule has 7 nitrogen and oxygen atoms in total. The van der Waals surface area contributed by atoms with Gasteiger partial charge in [0, 0.05) is 18.1 Å². The topological polar surface area (TPSA) is 84.9 Å². The van der Waals surface area contributed by atoms with E-state index < -0.39 is 18.1 Å². The van der Waals surface area contributed by atoms with Crippen molar-refractivity contribution in [1.29, 1.82) is 0 Å². The minimum Gasteiger partial charge on any atom is -0.480 e. The number of hydrogen-bond acceptors (Lipinski definition) is 5. The van der Waals surface area contributed by atoms with Crippen molar-refractivity contribution in [1.82, 2.24) is 10.2 Å². The van der Waals surface area contributed by atoms with Crippen LogP contribution in [0.3, 0.4) is 0 Å². The van der Waals surface area contributed by atoms with Gasteiger partial charge in [0.05, 0.1) is 17.5 Å². The first-order valence-electron chi connectivity index (χ1n) is 8.69. The first kappa shape index (κ1) is 21.5. The molecule has 2 unspecified atom stereocenters. The number of benzene rings is 1. The molecule has 2 amide bonds. The number of esters is 1. The highest BCUT2D eigenvalue weighted by molar-refractivity contribution is 9.10. The van der Waals surface area contributed by atoms with Crippen molar-refractivity contribution in [3.63, 3.8) is 0 Å². The third-order valence-electron chi connectivity index (χ3n) is 3.99. The zero-order valence-electron chi connectivity index (χ0n) is 15.2. The number of hydrogen-bond donors (Lipinski definition) is 1. The normalized spacial score (nSPS) is 17.9. The SMILES string of the molecule is CCCOC(=O)CC1C(=O)NCCN1C(=O)C(C)Oc1ccc(Cl)cc1Br. The summed E-state index contributed by atoms with van der Waals surface area (Å²) in [5.74, 6) is -0.797. The van der Waals surface area contributed by atoms with E-state index in [2.05, 4.69) is 21.2 Å². The summed E-state index contributed by atoms with van der Waals surface area (Å²) in [7, 11) is 0. The highest BCUT2D eigenvalue weighted by Crippen LogP contribution is 2.29. The third-order valence-corrected chi connectivity index (χ3v) is 4.84. The van der Waals surface area contributed by atoms with Gasteiger partial charge in [-0.25, -0.2) is 0 Å². The van der Waals surface area contributed by atoms with Crippen LogP contribution < -0.4 is 10.1 Å². The average Bonchev–Trinajstić information content (AvgIpc) is 2.63. The Morgan fingerprint density at radius 1 is 1.44 bits per heavy atom. The molecule has 1 N–H and O–H groups in total. The predicted molar refractivity (Wildman–Crippen MR) is 104 cm³/mol. The third kappa shape index (κ3) is 5.84. The first-order valence-corrected chi connectivity index (χ1v) is 9.86. The van der Waals surface area contributed by atoms with Crippen molar-refractivity contribution in [2.75, 3.05) is 19.7 Å². The van der Waals surface area contributed by atoms with Crippen molar-refractivity contribution in [2.24, 2.45) is 0 Å². The second-order valence-corrected chi connectivity index (χ2v) is 7.39. The number of nitrogens with one attached hydrogen (secondary N) is 1. The highest BCUT2D eigenvalue weighted by atomic mass is 79.9. The highest BCUT2D eigenvalue weighted by Gasteiger charge is 2.37. The summed E-state index contributed by atoms with van der Waals surface area (Å²) < 4.78 is 11.4. The summed E-state index contributed by atoms with van der Waals surface area (Å²) >= 11 is 9.25. The number of ether oxygens (including phenoxy) is 2. The van der Waals surface area contributed by atoms with Gasteiger partial charge in [-0.2, -0.15) is 0 Å². The van der Waals surface area contributed by atoms with E-state index in [9.17, 15) is 14.4 Å². The van der Waals surface area contributed by atoms with Gasteiger partial charge in [-0.15, -0.1) is 0 Å². The number of carbonyl (C=O) groups is 3. The van der Waals surface area contributed by atoms with Crippen molar-refractivity contribution >= 4 is 45.3 Å². The Balaban J connectivity index is 2.08. The summed E-state index contributed by atoms with van der Waals surface area (Å²) in [5, 5.41) is 3.21. The fraction of sp³-hybridized carbons (Fsp3) is 0.500. The number of nitrogens with zero attached hydrogens (tertiary/aromatic N) is 1. The van der Waals surface area contributed by atoms with E-state index in [1.54, 1.807) is 25.1 Å². The fourth-order valence-electron chi connectivity index (χ4n) is 2.66. The Morgan fingerprint density at radius 2 is 2.19 bits per heavy atom. The number of halogens is 2. The Kier molecular flexibility index (Phi) is 7.91. The molecule has 0 radical (unpaired) electrons. The van der Waals surface area contributed by atoms with E-state index >= 15 is 0 Å². The lowest BCUT2D eigenvalue weighted by Gasteiger charge is -2.36. The zero-order valence-corrected chi connectivity index (χ0v) is 17.5. The van der Waals surface area contributed by atoms with Crippen LogP contribution in [0.15, 0.2) is 22.7 Å². The van der Waals surface area contributed by atoms with Gasteiger partial charge in [0.2, 0.25) is 5.91 Å². The summed E-state index contributed by atoms with van der Waals surface area (Å²) in [6.07, 6.45) is -0.344. The van der Waals surface area contributed by atoms with Crippen LogP contribution >= 0.6 is 27.5 Å². The Morgan fingerprint density at radius 3 is 2.85 bits per heavy atom. The molecule has 0 saturated carbocycles. The van der Waals surface area contributed by atoms with E-state index in [0.717, 1.165) is 0 Å². The largest absolute Gasteiger partial charge is 0.480 e. The molecule has 2 rings (SSSR count). The molecule has 2 atom stereocenters. The molecular formula is C18H22BrClN2O5. The molecular weight excluding hydrogens is 440 g/mol. The van der Waals surface area contributed by atoms with Gasteiger partial charge in [0.25, 0.3) is 5.91 Å². The van der Waals surface area contributed by atoms with Crippen molar-refractivity contribution < 1.29 is 23.9 Å². The number of carbonyl (C=O) groups excluding carboxylic acids is 3. The molecule has 1 aliphatic rings. The zero-order chi connectivity index (χ0) is 20.0. The van der Waals surface area contributed by atoms with Gasteiger partial charge < -0.3 is 19.7 Å². The van der Waals surface area contributed by atoms with Crippen LogP contribution in [0.2, 0.25) is 5.02 Å². The molecule has 0 bridgehead atoms. The van der Waals surface area contributed by atoms with Crippen molar-refractivity contribution in [3.8, 4) is 5.75 Å². The molecule has 27 heavy (non-hydrogen) atoms. The molecule has 0 spiro atoms. The van der Waals surface area contributed by atoms with Crippen LogP contribution in [0.1, 0.15) is 26.7 Å². The quantitative estimate of drug-likeness (QED) is 0.631. The van der Waals surface area contributed by atoms with E-state index in [1.165, 1.54) is 4.90 Å². The molecule has 0 aromatic heterocycles. The minimum atomic E-state index is -0.907. The first-order chi connectivity index (χ1) is 12.8. The summed E-state index contributed by atoms with van der Waals surface area (Å²) in [5.41, 5.74) is 0. The van der Waals surface area contributed by atoms with Gasteiger partial charge in [-0.1, -0.05) is 18.5 Å². The summed E-state index contributed by atoms with van der Waals surface area (Å²) in [6.45, 7) is 4.38. The number of amides is 2. The fourth-order valence-corrected chi connectivity index (χ4v) is 3.44.